The second-order valence-corrected chi connectivity index (χ2v) is 11.1. The molecule has 3 nitrogen and oxygen atoms in total. The van der Waals surface area contributed by atoms with Crippen molar-refractivity contribution in [1.82, 2.24) is 14.0 Å². The highest BCUT2D eigenvalue weighted by atomic mass is 15.0. The topological polar surface area (TPSA) is 22.2 Å². The molecule has 3 aromatic heterocycles. The first-order valence-electron chi connectivity index (χ1n) is 14.4. The summed E-state index contributed by atoms with van der Waals surface area (Å²) in [6.45, 7) is 4.33. The number of imidazole rings is 1. The molecule has 8 aromatic rings. The number of aromatic nitrogens is 3. The number of pyridine rings is 1. The summed E-state index contributed by atoms with van der Waals surface area (Å²) in [6, 6.07) is 47.7. The number of hydrogen-bond acceptors (Lipinski definition) is 1. The first kappa shape index (κ1) is 24.4. The quantitative estimate of drug-likeness (QED) is 0.218. The van der Waals surface area contributed by atoms with Crippen molar-refractivity contribution in [3.8, 4) is 39.3 Å². The van der Waals surface area contributed by atoms with E-state index < -0.39 is 0 Å². The summed E-state index contributed by atoms with van der Waals surface area (Å²) in [5.41, 5.74) is 13.8. The molecule has 0 saturated heterocycles. The third-order valence-electron chi connectivity index (χ3n) is 8.25. The van der Waals surface area contributed by atoms with Gasteiger partial charge in [-0.1, -0.05) is 96.1 Å². The summed E-state index contributed by atoms with van der Waals surface area (Å²) in [5.74, 6) is 0. The van der Waals surface area contributed by atoms with Crippen LogP contribution in [0.5, 0.6) is 0 Å². The Morgan fingerprint density at radius 1 is 0.500 bits per heavy atom. The molecule has 0 unspecified atom stereocenters. The smallest absolute Gasteiger partial charge is 0.137 e. The lowest BCUT2D eigenvalue weighted by Crippen LogP contribution is -1.94. The van der Waals surface area contributed by atoms with E-state index in [1.165, 1.54) is 38.5 Å². The number of nitrogens with zero attached hydrogens (tertiary/aromatic N) is 3. The van der Waals surface area contributed by atoms with Gasteiger partial charge in [0.2, 0.25) is 0 Å². The Kier molecular flexibility index (Phi) is 5.58. The lowest BCUT2D eigenvalue weighted by molar-refractivity contribution is 1.17. The van der Waals surface area contributed by atoms with Crippen molar-refractivity contribution < 1.29 is 0 Å². The van der Waals surface area contributed by atoms with Gasteiger partial charge in [0, 0.05) is 33.8 Å². The van der Waals surface area contributed by atoms with Crippen LogP contribution in [0.2, 0.25) is 0 Å². The molecule has 8 rings (SSSR count). The van der Waals surface area contributed by atoms with Gasteiger partial charge in [-0.15, -0.1) is 0 Å². The van der Waals surface area contributed by atoms with Gasteiger partial charge in [-0.05, 0) is 73.5 Å². The number of fused-ring (bicyclic) bond motifs is 4. The highest BCUT2D eigenvalue weighted by molar-refractivity contribution is 6.09. The lowest BCUT2D eigenvalue weighted by atomic mass is 10.0. The monoisotopic (exact) mass is 539 g/mol. The van der Waals surface area contributed by atoms with Crippen LogP contribution in [0.1, 0.15) is 11.1 Å². The molecule has 42 heavy (non-hydrogen) atoms. The summed E-state index contributed by atoms with van der Waals surface area (Å²) in [4.78, 5) is 5.07. The SMILES string of the molecule is Cc1ccc2c(c1)c1cc(C)ccc1n2-c1ccc(-c2ccc3nc(-c4ccccc4)c(-c4ccccc4)n3c2)cc1. The van der Waals surface area contributed by atoms with Gasteiger partial charge in [0.05, 0.1) is 22.4 Å². The molecule has 0 radical (unpaired) electrons. The van der Waals surface area contributed by atoms with Crippen molar-refractivity contribution in [3.63, 3.8) is 0 Å². The molecular formula is C39H29N3. The average Bonchev–Trinajstić information content (AvgIpc) is 3.57. The van der Waals surface area contributed by atoms with Crippen LogP contribution < -0.4 is 0 Å². The molecule has 0 aliphatic carbocycles. The number of aryl methyl sites for hydroxylation is 2. The first-order valence-corrected chi connectivity index (χ1v) is 14.4. The molecule has 0 bridgehead atoms. The Balaban J connectivity index is 1.26. The van der Waals surface area contributed by atoms with E-state index in [9.17, 15) is 0 Å². The van der Waals surface area contributed by atoms with Gasteiger partial charge in [0.15, 0.2) is 0 Å². The fraction of sp³-hybridized carbons (Fsp3) is 0.0513. The molecule has 200 valence electrons. The van der Waals surface area contributed by atoms with Crippen LogP contribution in [0.3, 0.4) is 0 Å². The van der Waals surface area contributed by atoms with Gasteiger partial charge in [0.1, 0.15) is 5.65 Å². The van der Waals surface area contributed by atoms with Gasteiger partial charge >= 0.3 is 0 Å². The normalized spacial score (nSPS) is 11.6. The molecule has 3 heterocycles. The van der Waals surface area contributed by atoms with Crippen molar-refractivity contribution in [2.75, 3.05) is 0 Å². The highest BCUT2D eigenvalue weighted by Gasteiger charge is 2.17. The summed E-state index contributed by atoms with van der Waals surface area (Å²) in [7, 11) is 0. The second-order valence-electron chi connectivity index (χ2n) is 11.1. The van der Waals surface area contributed by atoms with E-state index in [-0.39, 0.29) is 0 Å². The number of benzene rings is 5. The third-order valence-corrected chi connectivity index (χ3v) is 8.25. The lowest BCUT2D eigenvalue weighted by Gasteiger charge is -2.11. The van der Waals surface area contributed by atoms with Crippen molar-refractivity contribution >= 4 is 27.5 Å². The van der Waals surface area contributed by atoms with E-state index in [1.54, 1.807) is 0 Å². The number of rotatable bonds is 4. The van der Waals surface area contributed by atoms with E-state index in [1.807, 2.05) is 6.07 Å². The maximum atomic E-state index is 5.07. The van der Waals surface area contributed by atoms with Crippen LogP contribution in [-0.4, -0.2) is 14.0 Å². The van der Waals surface area contributed by atoms with Crippen LogP contribution in [-0.2, 0) is 0 Å². The van der Waals surface area contributed by atoms with Crippen LogP contribution >= 0.6 is 0 Å². The average molecular weight is 540 g/mol. The first-order chi connectivity index (χ1) is 20.6. The van der Waals surface area contributed by atoms with Crippen molar-refractivity contribution in [1.29, 1.82) is 0 Å². The van der Waals surface area contributed by atoms with Gasteiger partial charge < -0.3 is 4.57 Å². The van der Waals surface area contributed by atoms with E-state index in [0.29, 0.717) is 0 Å². The van der Waals surface area contributed by atoms with Crippen molar-refractivity contribution in [2.45, 2.75) is 13.8 Å². The summed E-state index contributed by atoms with van der Waals surface area (Å²) >= 11 is 0. The second kappa shape index (κ2) is 9.60. The highest BCUT2D eigenvalue weighted by Crippen LogP contribution is 2.36. The zero-order chi connectivity index (χ0) is 28.2. The largest absolute Gasteiger partial charge is 0.309 e. The Morgan fingerprint density at radius 2 is 1.07 bits per heavy atom. The van der Waals surface area contributed by atoms with E-state index in [0.717, 1.165) is 39.4 Å². The van der Waals surface area contributed by atoms with Crippen LogP contribution in [0.15, 0.2) is 140 Å². The van der Waals surface area contributed by atoms with Gasteiger partial charge in [-0.2, -0.15) is 0 Å². The van der Waals surface area contributed by atoms with Crippen LogP contribution in [0, 0.1) is 13.8 Å². The molecule has 0 aliphatic heterocycles. The molecule has 0 aliphatic rings. The summed E-state index contributed by atoms with van der Waals surface area (Å²) in [5, 5.41) is 2.59. The zero-order valence-electron chi connectivity index (χ0n) is 23.6. The van der Waals surface area contributed by atoms with Crippen LogP contribution in [0.4, 0.5) is 0 Å². The number of hydrogen-bond donors (Lipinski definition) is 0. The minimum atomic E-state index is 0.934. The predicted octanol–water partition coefficient (Wildman–Crippen LogP) is 10.0. The third kappa shape index (κ3) is 3.93. The molecule has 0 fully saturated rings. The Hall–Kier alpha value is -5.41. The summed E-state index contributed by atoms with van der Waals surface area (Å²) in [6.07, 6.45) is 2.22. The zero-order valence-corrected chi connectivity index (χ0v) is 23.6. The van der Waals surface area contributed by atoms with Gasteiger partial charge in [-0.3, -0.25) is 4.40 Å². The van der Waals surface area contributed by atoms with E-state index in [4.69, 9.17) is 4.98 Å². The van der Waals surface area contributed by atoms with E-state index >= 15 is 0 Å². The maximum Gasteiger partial charge on any atom is 0.137 e. The Morgan fingerprint density at radius 3 is 1.69 bits per heavy atom. The summed E-state index contributed by atoms with van der Waals surface area (Å²) < 4.78 is 4.62. The molecule has 5 aromatic carbocycles. The maximum absolute atomic E-state index is 5.07. The van der Waals surface area contributed by atoms with Crippen molar-refractivity contribution in [2.24, 2.45) is 0 Å². The predicted molar refractivity (Wildman–Crippen MR) is 175 cm³/mol. The van der Waals surface area contributed by atoms with Crippen molar-refractivity contribution in [3.05, 3.63) is 151 Å². The fourth-order valence-electron chi connectivity index (χ4n) is 6.22. The van der Waals surface area contributed by atoms with Crippen LogP contribution in [0.25, 0.3) is 66.8 Å². The fourth-order valence-corrected chi connectivity index (χ4v) is 6.22. The molecule has 0 saturated carbocycles. The molecule has 0 amide bonds. The molecular weight excluding hydrogens is 510 g/mol. The minimum absolute atomic E-state index is 0.934. The molecule has 3 heteroatoms. The van der Waals surface area contributed by atoms with Gasteiger partial charge in [-0.25, -0.2) is 4.98 Å². The standard InChI is InChI=1S/C39H29N3/c1-26-13-20-35-33(23-26)34-24-27(2)14-21-36(34)42(35)32-18-15-28(16-19-32)31-17-22-37-40-38(29-9-5-3-6-10-29)39(41(37)25-31)30-11-7-4-8-12-30/h3-25H,1-2H3. The Bertz CT molecular complexity index is 2180. The Labute approximate surface area is 245 Å². The molecule has 0 spiro atoms. The van der Waals surface area contributed by atoms with E-state index in [2.05, 4.69) is 156 Å². The van der Waals surface area contributed by atoms with Gasteiger partial charge in [0.25, 0.3) is 0 Å². The molecule has 0 atom stereocenters. The minimum Gasteiger partial charge on any atom is -0.309 e. The molecule has 0 N–H and O–H groups in total.